The molecule has 1 saturated carbocycles. The molecule has 0 unspecified atom stereocenters. The van der Waals surface area contributed by atoms with E-state index in [4.69, 9.17) is 5.11 Å². The Hall–Kier alpha value is -2.31. The number of halogens is 1. The van der Waals surface area contributed by atoms with Crippen molar-refractivity contribution < 1.29 is 19.1 Å². The normalized spacial score (nSPS) is 22.9. The highest BCUT2D eigenvalue weighted by Crippen LogP contribution is 2.27. The minimum Gasteiger partial charge on any atom is -0.481 e. The van der Waals surface area contributed by atoms with E-state index < -0.39 is 5.97 Å². The van der Waals surface area contributed by atoms with Gasteiger partial charge in [0, 0.05) is 36.9 Å². The zero-order chi connectivity index (χ0) is 18.5. The fourth-order valence-corrected chi connectivity index (χ4v) is 3.87. The number of anilines is 1. The summed E-state index contributed by atoms with van der Waals surface area (Å²) in [6.07, 6.45) is 4.66. The van der Waals surface area contributed by atoms with E-state index in [2.05, 4.69) is 15.5 Å². The van der Waals surface area contributed by atoms with Crippen molar-refractivity contribution in [1.82, 2.24) is 10.6 Å². The number of carbonyl (C=O) groups is 2. The van der Waals surface area contributed by atoms with Crippen molar-refractivity contribution in [2.75, 3.05) is 18.0 Å². The van der Waals surface area contributed by atoms with Crippen LogP contribution in [0, 0.1) is 11.7 Å². The molecule has 2 fully saturated rings. The number of nitrogens with one attached hydrogen (secondary N) is 2. The number of urea groups is 1. The van der Waals surface area contributed by atoms with E-state index in [9.17, 15) is 14.0 Å². The topological polar surface area (TPSA) is 81.7 Å². The van der Waals surface area contributed by atoms with Crippen LogP contribution in [0.4, 0.5) is 14.9 Å². The number of carboxylic acid groups (broad SMARTS) is 1. The van der Waals surface area contributed by atoms with Crippen LogP contribution in [0.1, 0.15) is 44.1 Å². The number of aliphatic carboxylic acids is 1. The van der Waals surface area contributed by atoms with E-state index >= 15 is 0 Å². The first-order valence-electron chi connectivity index (χ1n) is 9.34. The highest BCUT2D eigenvalue weighted by molar-refractivity contribution is 5.75. The van der Waals surface area contributed by atoms with Gasteiger partial charge in [0.15, 0.2) is 0 Å². The largest absolute Gasteiger partial charge is 0.481 e. The average Bonchev–Trinajstić information content (AvgIpc) is 3.15. The maximum absolute atomic E-state index is 14.3. The summed E-state index contributed by atoms with van der Waals surface area (Å²) in [6.45, 7) is 1.96. The standard InChI is InChI=1S/C19H26FN3O3/c20-16-4-3-5-17(23-10-1-2-11-23)15(16)12-21-19(26)22-14-8-6-13(7-9-14)18(24)25/h3-5,13-14H,1-2,6-12H2,(H,24,25)(H2,21,22,26). The van der Waals surface area contributed by atoms with Crippen molar-refractivity contribution in [2.45, 2.75) is 51.1 Å². The van der Waals surface area contributed by atoms with E-state index in [1.165, 1.54) is 6.07 Å². The molecule has 2 aliphatic rings. The molecule has 0 aromatic heterocycles. The van der Waals surface area contributed by atoms with Crippen LogP contribution in [0.25, 0.3) is 0 Å². The van der Waals surface area contributed by atoms with Gasteiger partial charge in [0.2, 0.25) is 0 Å². The van der Waals surface area contributed by atoms with Crippen LogP contribution in [-0.4, -0.2) is 36.2 Å². The maximum atomic E-state index is 14.3. The van der Waals surface area contributed by atoms with Gasteiger partial charge >= 0.3 is 12.0 Å². The molecule has 3 N–H and O–H groups in total. The zero-order valence-electron chi connectivity index (χ0n) is 14.8. The third-order valence-corrected chi connectivity index (χ3v) is 5.38. The summed E-state index contributed by atoms with van der Waals surface area (Å²) in [5, 5.41) is 14.6. The first-order valence-corrected chi connectivity index (χ1v) is 9.34. The predicted octanol–water partition coefficient (Wildman–Crippen LogP) is 2.87. The number of carboxylic acids is 1. The average molecular weight is 363 g/mol. The van der Waals surface area contributed by atoms with Gasteiger partial charge in [-0.25, -0.2) is 9.18 Å². The fraction of sp³-hybridized carbons (Fsp3) is 0.579. The number of hydrogen-bond acceptors (Lipinski definition) is 3. The van der Waals surface area contributed by atoms with Gasteiger partial charge in [-0.2, -0.15) is 0 Å². The summed E-state index contributed by atoms with van der Waals surface area (Å²) in [5.74, 6) is -1.38. The van der Waals surface area contributed by atoms with Crippen LogP contribution >= 0.6 is 0 Å². The molecule has 7 heteroatoms. The molecule has 2 amide bonds. The molecule has 1 aromatic carbocycles. The SMILES string of the molecule is O=C(NCc1c(F)cccc1N1CCCC1)NC1CCC(C(=O)O)CC1. The Bertz CT molecular complexity index is 653. The number of benzene rings is 1. The molecular formula is C19H26FN3O3. The number of amides is 2. The Labute approximate surface area is 152 Å². The van der Waals surface area contributed by atoms with E-state index in [0.717, 1.165) is 31.6 Å². The third kappa shape index (κ3) is 4.45. The molecule has 1 aliphatic heterocycles. The lowest BCUT2D eigenvalue weighted by molar-refractivity contribution is -0.142. The van der Waals surface area contributed by atoms with Crippen molar-refractivity contribution in [1.29, 1.82) is 0 Å². The second kappa shape index (κ2) is 8.38. The number of rotatable bonds is 5. The monoisotopic (exact) mass is 363 g/mol. The van der Waals surface area contributed by atoms with Crippen LogP contribution in [0.5, 0.6) is 0 Å². The lowest BCUT2D eigenvalue weighted by Gasteiger charge is -2.27. The van der Waals surface area contributed by atoms with Crippen molar-refractivity contribution in [2.24, 2.45) is 5.92 Å². The van der Waals surface area contributed by atoms with Gasteiger partial charge in [-0.15, -0.1) is 0 Å². The summed E-state index contributed by atoms with van der Waals surface area (Å²) in [6, 6.07) is 4.66. The predicted molar refractivity (Wildman–Crippen MR) is 96.6 cm³/mol. The second-order valence-corrected chi connectivity index (χ2v) is 7.15. The van der Waals surface area contributed by atoms with E-state index in [1.807, 2.05) is 6.07 Å². The van der Waals surface area contributed by atoms with Gasteiger partial charge in [-0.1, -0.05) is 6.07 Å². The minimum atomic E-state index is -0.762. The van der Waals surface area contributed by atoms with Gasteiger partial charge in [0.1, 0.15) is 5.82 Å². The lowest BCUT2D eigenvalue weighted by Crippen LogP contribution is -2.44. The second-order valence-electron chi connectivity index (χ2n) is 7.15. The number of carbonyl (C=O) groups excluding carboxylic acids is 1. The van der Waals surface area contributed by atoms with Gasteiger partial charge < -0.3 is 20.6 Å². The Morgan fingerprint density at radius 1 is 1.15 bits per heavy atom. The summed E-state index contributed by atoms with van der Waals surface area (Å²) < 4.78 is 14.3. The van der Waals surface area contributed by atoms with Crippen LogP contribution < -0.4 is 15.5 Å². The molecule has 3 rings (SSSR count). The molecule has 0 radical (unpaired) electrons. The lowest BCUT2D eigenvalue weighted by atomic mass is 9.86. The van der Waals surface area contributed by atoms with Crippen LogP contribution in [0.2, 0.25) is 0 Å². The van der Waals surface area contributed by atoms with Gasteiger partial charge in [-0.05, 0) is 50.7 Å². The number of hydrogen-bond donors (Lipinski definition) is 3. The molecule has 0 bridgehead atoms. The van der Waals surface area contributed by atoms with E-state index in [0.29, 0.717) is 31.2 Å². The van der Waals surface area contributed by atoms with Crippen LogP contribution in [0.3, 0.4) is 0 Å². The fourth-order valence-electron chi connectivity index (χ4n) is 3.87. The molecule has 26 heavy (non-hydrogen) atoms. The first kappa shape index (κ1) is 18.5. The molecule has 142 valence electrons. The van der Waals surface area contributed by atoms with Gasteiger partial charge in [0.05, 0.1) is 5.92 Å². The molecule has 1 aromatic rings. The van der Waals surface area contributed by atoms with Crippen molar-refractivity contribution in [3.63, 3.8) is 0 Å². The van der Waals surface area contributed by atoms with Crippen LogP contribution in [0.15, 0.2) is 18.2 Å². The minimum absolute atomic E-state index is 0.0238. The van der Waals surface area contributed by atoms with E-state index in [-0.39, 0.29) is 30.4 Å². The molecule has 1 aliphatic carbocycles. The Kier molecular flexibility index (Phi) is 5.96. The van der Waals surface area contributed by atoms with Crippen molar-refractivity contribution >= 4 is 17.7 Å². The molecule has 1 saturated heterocycles. The summed E-state index contributed by atoms with van der Waals surface area (Å²) in [7, 11) is 0. The molecule has 0 spiro atoms. The summed E-state index contributed by atoms with van der Waals surface area (Å²) in [4.78, 5) is 25.3. The first-order chi connectivity index (χ1) is 12.5. The third-order valence-electron chi connectivity index (χ3n) is 5.38. The molecule has 6 nitrogen and oxygen atoms in total. The van der Waals surface area contributed by atoms with Gasteiger partial charge in [0.25, 0.3) is 0 Å². The molecular weight excluding hydrogens is 337 g/mol. The summed E-state index contributed by atoms with van der Waals surface area (Å²) >= 11 is 0. The maximum Gasteiger partial charge on any atom is 0.315 e. The molecule has 0 atom stereocenters. The highest BCUT2D eigenvalue weighted by atomic mass is 19.1. The summed E-state index contributed by atoms with van der Waals surface area (Å²) in [5.41, 5.74) is 1.36. The van der Waals surface area contributed by atoms with Crippen molar-refractivity contribution in [3.8, 4) is 0 Å². The number of nitrogens with zero attached hydrogens (tertiary/aromatic N) is 1. The highest BCUT2D eigenvalue weighted by Gasteiger charge is 2.26. The molecule has 1 heterocycles. The quantitative estimate of drug-likeness (QED) is 0.751. The van der Waals surface area contributed by atoms with E-state index in [1.54, 1.807) is 6.07 Å². The zero-order valence-corrected chi connectivity index (χ0v) is 14.8. The Morgan fingerprint density at radius 3 is 2.50 bits per heavy atom. The van der Waals surface area contributed by atoms with Crippen LogP contribution in [-0.2, 0) is 11.3 Å². The smallest absolute Gasteiger partial charge is 0.315 e. The van der Waals surface area contributed by atoms with Crippen molar-refractivity contribution in [3.05, 3.63) is 29.6 Å². The Balaban J connectivity index is 1.53. The Morgan fingerprint density at radius 2 is 1.85 bits per heavy atom. The van der Waals surface area contributed by atoms with Gasteiger partial charge in [-0.3, -0.25) is 4.79 Å².